The minimum absolute atomic E-state index is 0.146. The topological polar surface area (TPSA) is 20.2 Å². The van der Waals surface area contributed by atoms with E-state index in [2.05, 4.69) is 18.7 Å². The Bertz CT molecular complexity index is 289. The number of aliphatic hydroxyl groups is 1. The molecule has 0 radical (unpaired) electrons. The Morgan fingerprint density at radius 2 is 1.87 bits per heavy atom. The van der Waals surface area contributed by atoms with Gasteiger partial charge in [-0.15, -0.1) is 6.58 Å². The van der Waals surface area contributed by atoms with Gasteiger partial charge >= 0.3 is 0 Å². The van der Waals surface area contributed by atoms with E-state index < -0.39 is 0 Å². The summed E-state index contributed by atoms with van der Waals surface area (Å²) in [4.78, 5) is 0. The Kier molecular flexibility index (Phi) is 4.57. The van der Waals surface area contributed by atoms with Crippen molar-refractivity contribution in [3.63, 3.8) is 0 Å². The molecule has 0 amide bonds. The first-order chi connectivity index (χ1) is 7.15. The summed E-state index contributed by atoms with van der Waals surface area (Å²) in [6.07, 6.45) is 2.42. The van der Waals surface area contributed by atoms with Crippen molar-refractivity contribution in [2.45, 2.75) is 26.4 Å². The molecule has 0 aromatic heterocycles. The van der Waals surface area contributed by atoms with Gasteiger partial charge < -0.3 is 5.11 Å². The Balaban J connectivity index is 2.66. The SMILES string of the molecule is C=C[C@H](Cc1ccccc1)[C@@H](O)C(C)C. The van der Waals surface area contributed by atoms with Crippen LogP contribution in [0, 0.1) is 11.8 Å². The van der Waals surface area contributed by atoms with Gasteiger partial charge in [0.1, 0.15) is 0 Å². The lowest BCUT2D eigenvalue weighted by Crippen LogP contribution is -2.26. The fourth-order valence-electron chi connectivity index (χ4n) is 1.72. The van der Waals surface area contributed by atoms with E-state index in [0.717, 1.165) is 6.42 Å². The second-order valence-corrected chi connectivity index (χ2v) is 4.32. The third kappa shape index (κ3) is 3.52. The van der Waals surface area contributed by atoms with E-state index in [1.54, 1.807) is 0 Å². The summed E-state index contributed by atoms with van der Waals surface area (Å²) in [6.45, 7) is 7.87. The quantitative estimate of drug-likeness (QED) is 0.731. The highest BCUT2D eigenvalue weighted by Gasteiger charge is 2.19. The maximum atomic E-state index is 9.98. The molecule has 0 saturated heterocycles. The van der Waals surface area contributed by atoms with Gasteiger partial charge in [0, 0.05) is 5.92 Å². The summed E-state index contributed by atoms with van der Waals surface area (Å²) in [7, 11) is 0. The van der Waals surface area contributed by atoms with Crippen molar-refractivity contribution in [3.05, 3.63) is 48.6 Å². The summed E-state index contributed by atoms with van der Waals surface area (Å²) < 4.78 is 0. The zero-order valence-corrected chi connectivity index (χ0v) is 9.56. The van der Waals surface area contributed by atoms with E-state index in [0.29, 0.717) is 0 Å². The van der Waals surface area contributed by atoms with E-state index in [1.165, 1.54) is 5.56 Å². The number of hydrogen-bond acceptors (Lipinski definition) is 1. The standard InChI is InChI=1S/C14H20O/c1-4-13(14(15)11(2)3)10-12-8-6-5-7-9-12/h4-9,11,13-15H,1,10H2,2-3H3/t13-,14+/m1/s1. The zero-order chi connectivity index (χ0) is 11.3. The van der Waals surface area contributed by atoms with Crippen LogP contribution >= 0.6 is 0 Å². The van der Waals surface area contributed by atoms with Crippen LogP contribution in [0.25, 0.3) is 0 Å². The molecule has 1 nitrogen and oxygen atoms in total. The molecule has 0 aliphatic carbocycles. The first-order valence-corrected chi connectivity index (χ1v) is 5.49. The highest BCUT2D eigenvalue weighted by Crippen LogP contribution is 2.18. The Morgan fingerprint density at radius 3 is 2.33 bits per heavy atom. The molecule has 1 heteroatoms. The van der Waals surface area contributed by atoms with Gasteiger partial charge in [0.25, 0.3) is 0 Å². The molecule has 0 aliphatic heterocycles. The highest BCUT2D eigenvalue weighted by atomic mass is 16.3. The van der Waals surface area contributed by atoms with Gasteiger partial charge in [-0.1, -0.05) is 50.3 Å². The minimum atomic E-state index is -0.303. The van der Waals surface area contributed by atoms with E-state index in [9.17, 15) is 5.11 Å². The van der Waals surface area contributed by atoms with Crippen molar-refractivity contribution < 1.29 is 5.11 Å². The van der Waals surface area contributed by atoms with Crippen molar-refractivity contribution in [3.8, 4) is 0 Å². The number of hydrogen-bond donors (Lipinski definition) is 1. The second kappa shape index (κ2) is 5.72. The van der Waals surface area contributed by atoms with Crippen LogP contribution in [0.15, 0.2) is 43.0 Å². The van der Waals surface area contributed by atoms with Crippen LogP contribution < -0.4 is 0 Å². The van der Waals surface area contributed by atoms with Gasteiger partial charge in [-0.25, -0.2) is 0 Å². The molecule has 0 fully saturated rings. The van der Waals surface area contributed by atoms with E-state index >= 15 is 0 Å². The van der Waals surface area contributed by atoms with Gasteiger partial charge in [-0.3, -0.25) is 0 Å². The van der Waals surface area contributed by atoms with Crippen LogP contribution in [-0.2, 0) is 6.42 Å². The van der Waals surface area contributed by atoms with Crippen molar-refractivity contribution in [2.24, 2.45) is 11.8 Å². The lowest BCUT2D eigenvalue weighted by molar-refractivity contribution is 0.0843. The van der Waals surface area contributed by atoms with Gasteiger partial charge in [0.2, 0.25) is 0 Å². The summed E-state index contributed by atoms with van der Waals surface area (Å²) in [5.74, 6) is 0.420. The molecule has 82 valence electrons. The van der Waals surface area contributed by atoms with Crippen molar-refractivity contribution in [2.75, 3.05) is 0 Å². The Labute approximate surface area is 92.5 Å². The molecule has 1 rings (SSSR count). The highest BCUT2D eigenvalue weighted by molar-refractivity contribution is 5.16. The molecular formula is C14H20O. The van der Waals surface area contributed by atoms with E-state index in [-0.39, 0.29) is 17.9 Å². The monoisotopic (exact) mass is 204 g/mol. The van der Waals surface area contributed by atoms with Gasteiger partial charge in [-0.05, 0) is 17.9 Å². The first-order valence-electron chi connectivity index (χ1n) is 5.49. The molecule has 0 saturated carbocycles. The van der Waals surface area contributed by atoms with Gasteiger partial charge in [0.05, 0.1) is 6.10 Å². The molecule has 0 bridgehead atoms. The van der Waals surface area contributed by atoms with Crippen LogP contribution in [0.1, 0.15) is 19.4 Å². The second-order valence-electron chi connectivity index (χ2n) is 4.32. The fraction of sp³-hybridized carbons (Fsp3) is 0.429. The maximum absolute atomic E-state index is 9.98. The van der Waals surface area contributed by atoms with Gasteiger partial charge in [-0.2, -0.15) is 0 Å². The molecule has 0 aliphatic rings. The summed E-state index contributed by atoms with van der Waals surface area (Å²) in [5.41, 5.74) is 1.25. The van der Waals surface area contributed by atoms with Crippen LogP contribution in [0.3, 0.4) is 0 Å². The van der Waals surface area contributed by atoms with Crippen LogP contribution in [0.4, 0.5) is 0 Å². The predicted molar refractivity (Wildman–Crippen MR) is 64.7 cm³/mol. The minimum Gasteiger partial charge on any atom is -0.392 e. The molecule has 15 heavy (non-hydrogen) atoms. The molecule has 0 heterocycles. The molecule has 1 N–H and O–H groups in total. The van der Waals surface area contributed by atoms with Gasteiger partial charge in [0.15, 0.2) is 0 Å². The number of benzene rings is 1. The predicted octanol–water partition coefficient (Wildman–Crippen LogP) is 3.05. The smallest absolute Gasteiger partial charge is 0.0628 e. The van der Waals surface area contributed by atoms with Crippen LogP contribution in [0.2, 0.25) is 0 Å². The normalized spacial score (nSPS) is 14.9. The van der Waals surface area contributed by atoms with Crippen molar-refractivity contribution in [1.29, 1.82) is 0 Å². The maximum Gasteiger partial charge on any atom is 0.0628 e. The van der Waals surface area contributed by atoms with Crippen molar-refractivity contribution in [1.82, 2.24) is 0 Å². The fourth-order valence-corrected chi connectivity index (χ4v) is 1.72. The third-order valence-corrected chi connectivity index (χ3v) is 2.74. The molecule has 0 spiro atoms. The Hall–Kier alpha value is -1.08. The van der Waals surface area contributed by atoms with Crippen LogP contribution in [0.5, 0.6) is 0 Å². The average molecular weight is 204 g/mol. The Morgan fingerprint density at radius 1 is 1.27 bits per heavy atom. The largest absolute Gasteiger partial charge is 0.392 e. The lowest BCUT2D eigenvalue weighted by atomic mass is 9.88. The van der Waals surface area contributed by atoms with E-state index in [1.807, 2.05) is 38.1 Å². The molecule has 0 unspecified atom stereocenters. The zero-order valence-electron chi connectivity index (χ0n) is 9.56. The third-order valence-electron chi connectivity index (χ3n) is 2.74. The molecule has 1 aromatic rings. The summed E-state index contributed by atoms with van der Waals surface area (Å²) >= 11 is 0. The number of aliphatic hydroxyl groups excluding tert-OH is 1. The number of rotatable bonds is 5. The van der Waals surface area contributed by atoms with Crippen LogP contribution in [-0.4, -0.2) is 11.2 Å². The summed E-state index contributed by atoms with van der Waals surface area (Å²) in [6, 6.07) is 10.2. The molecular weight excluding hydrogens is 184 g/mol. The lowest BCUT2D eigenvalue weighted by Gasteiger charge is -2.22. The average Bonchev–Trinajstić information content (AvgIpc) is 2.26. The molecule has 1 aromatic carbocycles. The summed E-state index contributed by atoms with van der Waals surface area (Å²) in [5, 5.41) is 9.98. The first kappa shape index (κ1) is 12.0. The van der Waals surface area contributed by atoms with Crippen molar-refractivity contribution >= 4 is 0 Å². The van der Waals surface area contributed by atoms with E-state index in [4.69, 9.17) is 0 Å². The molecule has 2 atom stereocenters.